The van der Waals surface area contributed by atoms with Crippen LogP contribution in [0.4, 0.5) is 24.7 Å². The normalized spacial score (nSPS) is 14.1. The minimum atomic E-state index is -4.39. The minimum absolute atomic E-state index is 0.157. The maximum absolute atomic E-state index is 12.9. The lowest BCUT2D eigenvalue weighted by Gasteiger charge is -2.20. The van der Waals surface area contributed by atoms with Crippen molar-refractivity contribution in [3.8, 4) is 11.4 Å². The Labute approximate surface area is 204 Å². The second-order valence-electron chi connectivity index (χ2n) is 8.88. The van der Waals surface area contributed by atoms with E-state index >= 15 is 0 Å². The number of carbonyl (C=O) groups excluding carboxylic acids is 1. The van der Waals surface area contributed by atoms with Gasteiger partial charge in [-0.2, -0.15) is 13.2 Å². The van der Waals surface area contributed by atoms with Crippen molar-refractivity contribution in [1.82, 2.24) is 19.9 Å². The third-order valence-electron chi connectivity index (χ3n) is 6.28. The molecule has 0 spiro atoms. The van der Waals surface area contributed by atoms with Crippen LogP contribution in [0.2, 0.25) is 0 Å². The van der Waals surface area contributed by atoms with Gasteiger partial charge in [0.25, 0.3) is 5.56 Å². The van der Waals surface area contributed by atoms with Gasteiger partial charge < -0.3 is 15.2 Å². The van der Waals surface area contributed by atoms with E-state index in [1.54, 1.807) is 30.6 Å². The van der Waals surface area contributed by atoms with Gasteiger partial charge in [0, 0.05) is 48.5 Å². The van der Waals surface area contributed by atoms with Crippen LogP contribution in [-0.2, 0) is 17.9 Å². The van der Waals surface area contributed by atoms with Gasteiger partial charge in [-0.05, 0) is 52.9 Å². The van der Waals surface area contributed by atoms with Crippen LogP contribution in [0.15, 0.2) is 65.7 Å². The number of amides is 1. The van der Waals surface area contributed by atoms with Crippen molar-refractivity contribution in [3.05, 3.63) is 82.4 Å². The van der Waals surface area contributed by atoms with Crippen LogP contribution in [-0.4, -0.2) is 31.9 Å². The first kappa shape index (κ1) is 23.5. The first-order chi connectivity index (χ1) is 17.2. The van der Waals surface area contributed by atoms with E-state index in [2.05, 4.69) is 20.3 Å². The number of nitrogens with zero attached hydrogens (tertiary/aromatic N) is 3. The van der Waals surface area contributed by atoms with E-state index in [0.717, 1.165) is 34.7 Å². The summed E-state index contributed by atoms with van der Waals surface area (Å²) in [6, 6.07) is 14.5. The van der Waals surface area contributed by atoms with E-state index in [0.29, 0.717) is 17.0 Å². The monoisotopic (exact) mass is 493 g/mol. The average Bonchev–Trinajstić information content (AvgIpc) is 3.27. The Morgan fingerprint density at radius 3 is 2.72 bits per heavy atom. The molecule has 1 unspecified atom stereocenters. The zero-order valence-electron chi connectivity index (χ0n) is 19.3. The molecule has 0 radical (unpaired) electrons. The lowest BCUT2D eigenvalue weighted by Crippen LogP contribution is -2.31. The van der Waals surface area contributed by atoms with Gasteiger partial charge in [-0.25, -0.2) is 9.97 Å². The van der Waals surface area contributed by atoms with Crippen LogP contribution in [0.3, 0.4) is 0 Å². The molecule has 1 amide bonds. The average molecular weight is 493 g/mol. The van der Waals surface area contributed by atoms with Crippen LogP contribution >= 0.6 is 0 Å². The van der Waals surface area contributed by atoms with Crippen LogP contribution in [0.25, 0.3) is 22.2 Å². The molecule has 7 nitrogen and oxygen atoms in total. The van der Waals surface area contributed by atoms with Crippen molar-refractivity contribution in [3.63, 3.8) is 0 Å². The Balaban J connectivity index is 1.32. The summed E-state index contributed by atoms with van der Waals surface area (Å²) >= 11 is 0. The summed E-state index contributed by atoms with van der Waals surface area (Å²) in [6.45, 7) is 1.56. The number of rotatable bonds is 5. The minimum Gasteiger partial charge on any atom is -0.340 e. The van der Waals surface area contributed by atoms with Gasteiger partial charge in [0.05, 0.1) is 5.92 Å². The standard InChI is InChI=1S/C26H22F3N5O2/c1-15(26(27,28)29)10-23(35)34-13-18-3-2-17(11-19(18)14-34)24-30-9-7-22(33-24)32-20-4-5-21-16(12-20)6-8-31-25(21)36/h2-9,11-12,15H,10,13-14H2,1H3,(H,31,36)(H,30,32,33). The number of benzene rings is 2. The smallest absolute Gasteiger partial charge is 0.340 e. The van der Waals surface area contributed by atoms with Gasteiger partial charge in [-0.3, -0.25) is 9.59 Å². The molecule has 2 aromatic carbocycles. The molecule has 0 bridgehead atoms. The quantitative estimate of drug-likeness (QED) is 0.401. The highest BCUT2D eigenvalue weighted by Gasteiger charge is 2.38. The number of aromatic amines is 1. The Bertz CT molecular complexity index is 1520. The van der Waals surface area contributed by atoms with E-state index in [-0.39, 0.29) is 18.6 Å². The maximum Gasteiger partial charge on any atom is 0.392 e. The fourth-order valence-electron chi connectivity index (χ4n) is 4.20. The van der Waals surface area contributed by atoms with Gasteiger partial charge in [-0.15, -0.1) is 0 Å². The molecule has 1 aliphatic heterocycles. The fraction of sp³-hybridized carbons (Fsp3) is 0.231. The van der Waals surface area contributed by atoms with Crippen molar-refractivity contribution >= 4 is 28.2 Å². The van der Waals surface area contributed by atoms with Crippen molar-refractivity contribution in [2.75, 3.05) is 5.32 Å². The van der Waals surface area contributed by atoms with E-state index in [4.69, 9.17) is 0 Å². The molecule has 10 heteroatoms. The van der Waals surface area contributed by atoms with Crippen LogP contribution in [0.5, 0.6) is 0 Å². The summed E-state index contributed by atoms with van der Waals surface area (Å²) in [5, 5.41) is 4.60. The SMILES string of the molecule is CC(CC(=O)N1Cc2ccc(-c3nccc(Nc4ccc5c(=O)[nH]ccc5c4)n3)cc2C1)C(F)(F)F. The molecule has 184 valence electrons. The molecule has 36 heavy (non-hydrogen) atoms. The maximum atomic E-state index is 12.9. The van der Waals surface area contributed by atoms with E-state index in [1.165, 1.54) is 4.90 Å². The number of anilines is 2. The Kier molecular flexibility index (Phi) is 5.95. The van der Waals surface area contributed by atoms with Gasteiger partial charge in [0.2, 0.25) is 5.91 Å². The molecule has 2 N–H and O–H groups in total. The van der Waals surface area contributed by atoms with Gasteiger partial charge in [-0.1, -0.05) is 19.1 Å². The summed E-state index contributed by atoms with van der Waals surface area (Å²) in [5.41, 5.74) is 3.10. The predicted molar refractivity (Wildman–Crippen MR) is 129 cm³/mol. The zero-order valence-corrected chi connectivity index (χ0v) is 19.3. The summed E-state index contributed by atoms with van der Waals surface area (Å²) in [5.74, 6) is -1.17. The second kappa shape index (κ2) is 9.10. The fourth-order valence-corrected chi connectivity index (χ4v) is 4.20. The van der Waals surface area contributed by atoms with Crippen molar-refractivity contribution in [1.29, 1.82) is 0 Å². The van der Waals surface area contributed by atoms with E-state index in [9.17, 15) is 22.8 Å². The van der Waals surface area contributed by atoms with Gasteiger partial charge in [0.15, 0.2) is 5.82 Å². The van der Waals surface area contributed by atoms with E-state index < -0.39 is 24.4 Å². The highest BCUT2D eigenvalue weighted by Crippen LogP contribution is 2.32. The topological polar surface area (TPSA) is 91.0 Å². The number of alkyl halides is 3. The molecular weight excluding hydrogens is 471 g/mol. The number of hydrogen-bond acceptors (Lipinski definition) is 5. The molecule has 0 saturated heterocycles. The van der Waals surface area contributed by atoms with Crippen LogP contribution < -0.4 is 10.9 Å². The number of halogens is 3. The molecule has 3 heterocycles. The predicted octanol–water partition coefficient (Wildman–Crippen LogP) is 5.16. The van der Waals surface area contributed by atoms with Crippen LogP contribution in [0, 0.1) is 5.92 Å². The van der Waals surface area contributed by atoms with Gasteiger partial charge in [0.1, 0.15) is 5.82 Å². The number of H-pyrrole nitrogens is 1. The van der Waals surface area contributed by atoms with E-state index in [1.807, 2.05) is 30.3 Å². The Morgan fingerprint density at radius 1 is 1.11 bits per heavy atom. The highest BCUT2D eigenvalue weighted by molar-refractivity contribution is 5.85. The summed E-state index contributed by atoms with van der Waals surface area (Å²) < 4.78 is 38.6. The lowest BCUT2D eigenvalue weighted by atomic mass is 10.1. The number of hydrogen-bond donors (Lipinski definition) is 2. The Hall–Kier alpha value is -4.21. The summed E-state index contributed by atoms with van der Waals surface area (Å²) in [7, 11) is 0. The number of aromatic nitrogens is 3. The summed E-state index contributed by atoms with van der Waals surface area (Å²) in [6.07, 6.45) is -1.74. The zero-order chi connectivity index (χ0) is 25.4. The van der Waals surface area contributed by atoms with Crippen molar-refractivity contribution in [2.45, 2.75) is 32.6 Å². The summed E-state index contributed by atoms with van der Waals surface area (Å²) in [4.78, 5) is 37.4. The molecule has 2 aromatic heterocycles. The first-order valence-corrected chi connectivity index (χ1v) is 11.4. The number of carbonyl (C=O) groups is 1. The molecule has 5 rings (SSSR count). The molecule has 4 aromatic rings. The lowest BCUT2D eigenvalue weighted by molar-refractivity contribution is -0.176. The van der Waals surface area contributed by atoms with Crippen molar-refractivity contribution in [2.24, 2.45) is 5.92 Å². The molecule has 0 saturated carbocycles. The number of nitrogens with one attached hydrogen (secondary N) is 2. The van der Waals surface area contributed by atoms with Crippen LogP contribution in [0.1, 0.15) is 24.5 Å². The third kappa shape index (κ3) is 4.79. The third-order valence-corrected chi connectivity index (χ3v) is 6.28. The first-order valence-electron chi connectivity index (χ1n) is 11.4. The molecule has 0 aliphatic carbocycles. The molecular formula is C26H22F3N5O2. The molecule has 1 atom stereocenters. The number of fused-ring (bicyclic) bond motifs is 2. The highest BCUT2D eigenvalue weighted by atomic mass is 19.4. The second-order valence-corrected chi connectivity index (χ2v) is 8.88. The van der Waals surface area contributed by atoms with Crippen molar-refractivity contribution < 1.29 is 18.0 Å². The van der Waals surface area contributed by atoms with Gasteiger partial charge >= 0.3 is 6.18 Å². The Morgan fingerprint density at radius 2 is 1.92 bits per heavy atom. The number of pyridine rings is 1. The molecule has 0 fully saturated rings. The molecule has 1 aliphatic rings. The largest absolute Gasteiger partial charge is 0.392 e.